The van der Waals surface area contributed by atoms with E-state index >= 15 is 0 Å². The lowest BCUT2D eigenvalue weighted by Crippen LogP contribution is -2.43. The summed E-state index contributed by atoms with van der Waals surface area (Å²) in [4.78, 5) is 7.20. The molecule has 0 radical (unpaired) electrons. The molecule has 0 amide bonds. The summed E-state index contributed by atoms with van der Waals surface area (Å²) in [5.74, 6) is 1.13. The van der Waals surface area contributed by atoms with E-state index in [9.17, 15) is 0 Å². The van der Waals surface area contributed by atoms with Crippen molar-refractivity contribution in [1.29, 1.82) is 0 Å². The van der Waals surface area contributed by atoms with Crippen molar-refractivity contribution < 1.29 is 4.74 Å². The SMILES string of the molecule is CCc1cc(CNC)cc(N2CC3CCC(C2)O3)n1. The number of rotatable bonds is 4. The topological polar surface area (TPSA) is 37.4 Å². The second kappa shape index (κ2) is 5.47. The lowest BCUT2D eigenvalue weighted by atomic mass is 10.1. The number of anilines is 1. The lowest BCUT2D eigenvalue weighted by molar-refractivity contribution is 0.0302. The molecule has 3 heterocycles. The number of nitrogens with zero attached hydrogens (tertiary/aromatic N) is 2. The van der Waals surface area contributed by atoms with Crippen molar-refractivity contribution in [2.75, 3.05) is 25.0 Å². The Hall–Kier alpha value is -1.13. The summed E-state index contributed by atoms with van der Waals surface area (Å²) >= 11 is 0. The van der Waals surface area contributed by atoms with E-state index in [2.05, 4.69) is 29.3 Å². The van der Waals surface area contributed by atoms with E-state index in [1.165, 1.54) is 24.1 Å². The summed E-state index contributed by atoms with van der Waals surface area (Å²) in [6.07, 6.45) is 4.23. The van der Waals surface area contributed by atoms with Crippen LogP contribution in [0.4, 0.5) is 5.82 Å². The maximum atomic E-state index is 5.90. The largest absolute Gasteiger partial charge is 0.371 e. The van der Waals surface area contributed by atoms with Crippen LogP contribution in [0.3, 0.4) is 0 Å². The van der Waals surface area contributed by atoms with Gasteiger partial charge in [0.1, 0.15) is 5.82 Å². The zero-order chi connectivity index (χ0) is 13.2. The normalized spacial score (nSPS) is 25.9. The molecule has 4 heteroatoms. The molecule has 2 aliphatic rings. The molecule has 1 aromatic heterocycles. The monoisotopic (exact) mass is 261 g/mol. The van der Waals surface area contributed by atoms with Crippen LogP contribution in [0.25, 0.3) is 0 Å². The first-order valence-corrected chi connectivity index (χ1v) is 7.33. The molecule has 0 spiro atoms. The number of aryl methyl sites for hydroxylation is 1. The van der Waals surface area contributed by atoms with E-state index in [0.717, 1.165) is 31.9 Å². The van der Waals surface area contributed by atoms with Gasteiger partial charge in [-0.25, -0.2) is 4.98 Å². The molecule has 2 bridgehead atoms. The van der Waals surface area contributed by atoms with Crippen LogP contribution >= 0.6 is 0 Å². The van der Waals surface area contributed by atoms with Crippen molar-refractivity contribution in [3.05, 3.63) is 23.4 Å². The fraction of sp³-hybridized carbons (Fsp3) is 0.667. The van der Waals surface area contributed by atoms with E-state index < -0.39 is 0 Å². The van der Waals surface area contributed by atoms with Crippen molar-refractivity contribution in [2.24, 2.45) is 0 Å². The van der Waals surface area contributed by atoms with Crippen molar-refractivity contribution >= 4 is 5.82 Å². The highest BCUT2D eigenvalue weighted by atomic mass is 16.5. The van der Waals surface area contributed by atoms with Crippen LogP contribution in [0.2, 0.25) is 0 Å². The van der Waals surface area contributed by atoms with Gasteiger partial charge in [-0.05, 0) is 44.0 Å². The van der Waals surface area contributed by atoms with Gasteiger partial charge in [0.25, 0.3) is 0 Å². The highest BCUT2D eigenvalue weighted by Crippen LogP contribution is 2.29. The summed E-state index contributed by atoms with van der Waals surface area (Å²) in [6.45, 7) is 5.06. The van der Waals surface area contributed by atoms with Gasteiger partial charge >= 0.3 is 0 Å². The molecule has 4 nitrogen and oxygen atoms in total. The van der Waals surface area contributed by atoms with Crippen LogP contribution in [-0.4, -0.2) is 37.3 Å². The second-order valence-corrected chi connectivity index (χ2v) is 5.57. The Morgan fingerprint density at radius 2 is 2.05 bits per heavy atom. The molecular formula is C15H23N3O. The number of nitrogens with one attached hydrogen (secondary N) is 1. The molecule has 2 aliphatic heterocycles. The van der Waals surface area contributed by atoms with Gasteiger partial charge in [-0.3, -0.25) is 0 Å². The fourth-order valence-corrected chi connectivity index (χ4v) is 3.08. The highest BCUT2D eigenvalue weighted by Gasteiger charge is 2.34. The van der Waals surface area contributed by atoms with Gasteiger partial charge in [-0.1, -0.05) is 6.92 Å². The van der Waals surface area contributed by atoms with Crippen LogP contribution < -0.4 is 10.2 Å². The Labute approximate surface area is 115 Å². The van der Waals surface area contributed by atoms with E-state index in [1.807, 2.05) is 7.05 Å². The van der Waals surface area contributed by atoms with Crippen molar-refractivity contribution in [1.82, 2.24) is 10.3 Å². The van der Waals surface area contributed by atoms with Crippen molar-refractivity contribution in [2.45, 2.75) is 44.9 Å². The Kier molecular flexibility index (Phi) is 3.71. The Morgan fingerprint density at radius 3 is 2.68 bits per heavy atom. The van der Waals surface area contributed by atoms with E-state index in [0.29, 0.717) is 12.2 Å². The number of morpholine rings is 1. The zero-order valence-electron chi connectivity index (χ0n) is 11.9. The summed E-state index contributed by atoms with van der Waals surface area (Å²) < 4.78 is 5.90. The first kappa shape index (κ1) is 12.9. The van der Waals surface area contributed by atoms with Gasteiger partial charge in [0, 0.05) is 25.3 Å². The molecule has 19 heavy (non-hydrogen) atoms. The predicted octanol–water partition coefficient (Wildman–Crippen LogP) is 1.73. The molecule has 0 aliphatic carbocycles. The summed E-state index contributed by atoms with van der Waals surface area (Å²) in [5.41, 5.74) is 2.50. The second-order valence-electron chi connectivity index (χ2n) is 5.57. The predicted molar refractivity (Wildman–Crippen MR) is 76.5 cm³/mol. The lowest BCUT2D eigenvalue weighted by Gasteiger charge is -2.33. The first-order chi connectivity index (χ1) is 9.28. The molecule has 3 rings (SSSR count). The zero-order valence-corrected chi connectivity index (χ0v) is 11.9. The van der Waals surface area contributed by atoms with Gasteiger partial charge in [-0.15, -0.1) is 0 Å². The van der Waals surface area contributed by atoms with Gasteiger partial charge in [-0.2, -0.15) is 0 Å². The third-order valence-electron chi connectivity index (χ3n) is 4.04. The molecule has 2 fully saturated rings. The number of aromatic nitrogens is 1. The molecule has 0 aromatic carbocycles. The van der Waals surface area contributed by atoms with E-state index in [4.69, 9.17) is 9.72 Å². The number of hydrogen-bond donors (Lipinski definition) is 1. The van der Waals surface area contributed by atoms with Crippen LogP contribution in [0.5, 0.6) is 0 Å². The third kappa shape index (κ3) is 2.74. The number of ether oxygens (including phenoxy) is 1. The van der Waals surface area contributed by atoms with Crippen LogP contribution in [0.15, 0.2) is 12.1 Å². The molecule has 104 valence electrons. The minimum Gasteiger partial charge on any atom is -0.371 e. The van der Waals surface area contributed by atoms with Gasteiger partial charge in [0.15, 0.2) is 0 Å². The maximum Gasteiger partial charge on any atom is 0.129 e. The van der Waals surface area contributed by atoms with Crippen LogP contribution in [0.1, 0.15) is 31.0 Å². The average Bonchev–Trinajstić information content (AvgIpc) is 2.77. The molecular weight excluding hydrogens is 238 g/mol. The molecule has 2 unspecified atom stereocenters. The smallest absolute Gasteiger partial charge is 0.129 e. The highest BCUT2D eigenvalue weighted by molar-refractivity contribution is 5.44. The van der Waals surface area contributed by atoms with Gasteiger partial charge < -0.3 is 15.0 Å². The minimum atomic E-state index is 0.415. The van der Waals surface area contributed by atoms with Crippen LogP contribution in [0, 0.1) is 0 Å². The average molecular weight is 261 g/mol. The molecule has 2 saturated heterocycles. The van der Waals surface area contributed by atoms with Crippen molar-refractivity contribution in [3.63, 3.8) is 0 Å². The van der Waals surface area contributed by atoms with Crippen molar-refractivity contribution in [3.8, 4) is 0 Å². The summed E-state index contributed by atoms with van der Waals surface area (Å²) in [6, 6.07) is 4.43. The molecule has 0 saturated carbocycles. The number of pyridine rings is 1. The maximum absolute atomic E-state index is 5.90. The fourth-order valence-electron chi connectivity index (χ4n) is 3.08. The Morgan fingerprint density at radius 1 is 1.32 bits per heavy atom. The molecule has 2 atom stereocenters. The standard InChI is InChI=1S/C15H23N3O/c1-3-12-6-11(8-16-2)7-15(17-12)18-9-13-4-5-14(10-18)19-13/h6-7,13-14,16H,3-5,8-10H2,1-2H3. The number of fused-ring (bicyclic) bond motifs is 2. The first-order valence-electron chi connectivity index (χ1n) is 7.33. The third-order valence-corrected chi connectivity index (χ3v) is 4.04. The Bertz CT molecular complexity index is 437. The van der Waals surface area contributed by atoms with Gasteiger partial charge in [0.2, 0.25) is 0 Å². The van der Waals surface area contributed by atoms with Gasteiger partial charge in [0.05, 0.1) is 12.2 Å². The summed E-state index contributed by atoms with van der Waals surface area (Å²) in [7, 11) is 1.99. The van der Waals surface area contributed by atoms with E-state index in [1.54, 1.807) is 0 Å². The minimum absolute atomic E-state index is 0.415. The van der Waals surface area contributed by atoms with Crippen LogP contribution in [-0.2, 0) is 17.7 Å². The molecule has 1 N–H and O–H groups in total. The number of hydrogen-bond acceptors (Lipinski definition) is 4. The summed E-state index contributed by atoms with van der Waals surface area (Å²) in [5, 5.41) is 3.22. The quantitative estimate of drug-likeness (QED) is 0.895. The van der Waals surface area contributed by atoms with E-state index in [-0.39, 0.29) is 0 Å². The molecule has 1 aromatic rings. The Balaban J connectivity index is 1.84.